The number of carbonyl (C=O) groups is 2. The van der Waals surface area contributed by atoms with Crippen LogP contribution in [0.15, 0.2) is 60.0 Å². The number of aromatic nitrogens is 1. The highest BCUT2D eigenvalue weighted by Gasteiger charge is 2.12. The summed E-state index contributed by atoms with van der Waals surface area (Å²) in [6.07, 6.45) is 4.82. The highest BCUT2D eigenvalue weighted by Crippen LogP contribution is 2.03. The fourth-order valence-electron chi connectivity index (χ4n) is 1.99. The van der Waals surface area contributed by atoms with Gasteiger partial charge in [0.2, 0.25) is 0 Å². The van der Waals surface area contributed by atoms with Gasteiger partial charge in [0.05, 0.1) is 0 Å². The molecule has 2 rings (SSSR count). The molecule has 2 aromatic rings. The maximum atomic E-state index is 11.7. The minimum atomic E-state index is -0.780. The third kappa shape index (κ3) is 6.00. The topological polar surface area (TPSA) is 83.5 Å². The SMILES string of the molecule is C/C(CCc1ccccc1)=N\NC(=O)C(=O)NCc1cccnc1. The predicted octanol–water partition coefficient (Wildman–Crippen LogP) is 1.82. The Balaban J connectivity index is 1.73. The average molecular weight is 324 g/mol. The number of pyridine rings is 1. The van der Waals surface area contributed by atoms with Gasteiger partial charge in [-0.2, -0.15) is 5.10 Å². The third-order valence-electron chi connectivity index (χ3n) is 3.35. The molecule has 0 atom stereocenters. The number of nitrogens with zero attached hydrogens (tertiary/aromatic N) is 2. The molecule has 0 aliphatic rings. The van der Waals surface area contributed by atoms with Crippen LogP contribution in [0.25, 0.3) is 0 Å². The zero-order chi connectivity index (χ0) is 17.2. The zero-order valence-corrected chi connectivity index (χ0v) is 13.5. The predicted molar refractivity (Wildman–Crippen MR) is 92.1 cm³/mol. The maximum Gasteiger partial charge on any atom is 0.329 e. The van der Waals surface area contributed by atoms with Crippen molar-refractivity contribution in [3.63, 3.8) is 0 Å². The molecular formula is C18H20N4O2. The van der Waals surface area contributed by atoms with Gasteiger partial charge in [0.15, 0.2) is 0 Å². The molecule has 1 heterocycles. The second-order valence-electron chi connectivity index (χ2n) is 5.32. The summed E-state index contributed by atoms with van der Waals surface area (Å²) >= 11 is 0. The lowest BCUT2D eigenvalue weighted by molar-refractivity contribution is -0.139. The number of amides is 2. The fraction of sp³-hybridized carbons (Fsp3) is 0.222. The Kier molecular flexibility index (Phi) is 6.64. The van der Waals surface area contributed by atoms with E-state index < -0.39 is 11.8 Å². The van der Waals surface area contributed by atoms with E-state index in [1.165, 1.54) is 5.56 Å². The fourth-order valence-corrected chi connectivity index (χ4v) is 1.99. The second-order valence-corrected chi connectivity index (χ2v) is 5.32. The largest absolute Gasteiger partial charge is 0.344 e. The molecule has 0 unspecified atom stereocenters. The van der Waals surface area contributed by atoms with Crippen LogP contribution in [0.4, 0.5) is 0 Å². The zero-order valence-electron chi connectivity index (χ0n) is 13.5. The van der Waals surface area contributed by atoms with Gasteiger partial charge in [-0.1, -0.05) is 36.4 Å². The van der Waals surface area contributed by atoms with Crippen molar-refractivity contribution >= 4 is 17.5 Å². The van der Waals surface area contributed by atoms with E-state index >= 15 is 0 Å². The summed E-state index contributed by atoms with van der Waals surface area (Å²) in [5.41, 5.74) is 5.05. The van der Waals surface area contributed by atoms with E-state index in [0.29, 0.717) is 6.42 Å². The molecule has 6 heteroatoms. The Bertz CT molecular complexity index is 699. The summed E-state index contributed by atoms with van der Waals surface area (Å²) in [7, 11) is 0. The van der Waals surface area contributed by atoms with Gasteiger partial charge in [0.1, 0.15) is 0 Å². The van der Waals surface area contributed by atoms with Crippen LogP contribution in [0.5, 0.6) is 0 Å². The van der Waals surface area contributed by atoms with Crippen molar-refractivity contribution in [2.45, 2.75) is 26.3 Å². The van der Waals surface area contributed by atoms with Crippen molar-refractivity contribution in [1.82, 2.24) is 15.7 Å². The van der Waals surface area contributed by atoms with Crippen LogP contribution in [0.3, 0.4) is 0 Å². The lowest BCUT2D eigenvalue weighted by Gasteiger charge is -2.05. The lowest BCUT2D eigenvalue weighted by Crippen LogP contribution is -2.37. The Morgan fingerprint density at radius 2 is 1.79 bits per heavy atom. The first-order valence-electron chi connectivity index (χ1n) is 7.69. The van der Waals surface area contributed by atoms with Crippen molar-refractivity contribution in [3.05, 3.63) is 66.0 Å². The van der Waals surface area contributed by atoms with E-state index in [1.807, 2.05) is 43.3 Å². The van der Waals surface area contributed by atoms with Crippen LogP contribution in [0.2, 0.25) is 0 Å². The lowest BCUT2D eigenvalue weighted by atomic mass is 10.1. The molecular weight excluding hydrogens is 304 g/mol. The first-order valence-corrected chi connectivity index (χ1v) is 7.69. The molecule has 0 saturated carbocycles. The second kappa shape index (κ2) is 9.19. The molecule has 0 bridgehead atoms. The molecule has 1 aromatic carbocycles. The molecule has 24 heavy (non-hydrogen) atoms. The van der Waals surface area contributed by atoms with Crippen LogP contribution in [-0.2, 0) is 22.6 Å². The molecule has 0 spiro atoms. The van der Waals surface area contributed by atoms with Gasteiger partial charge < -0.3 is 5.32 Å². The van der Waals surface area contributed by atoms with E-state index in [2.05, 4.69) is 20.8 Å². The van der Waals surface area contributed by atoms with Crippen molar-refractivity contribution in [2.24, 2.45) is 5.10 Å². The number of aryl methyl sites for hydroxylation is 1. The van der Waals surface area contributed by atoms with Crippen molar-refractivity contribution < 1.29 is 9.59 Å². The first kappa shape index (κ1) is 17.3. The van der Waals surface area contributed by atoms with Crippen LogP contribution in [0.1, 0.15) is 24.5 Å². The standard InChI is InChI=1S/C18H20N4O2/c1-14(9-10-15-6-3-2-4-7-15)21-22-18(24)17(23)20-13-16-8-5-11-19-12-16/h2-8,11-12H,9-10,13H2,1H3,(H,20,23)(H,22,24)/b21-14+. The number of hydrazone groups is 1. The van der Waals surface area contributed by atoms with E-state index in [1.54, 1.807) is 18.5 Å². The Morgan fingerprint density at radius 3 is 2.50 bits per heavy atom. The molecule has 0 aliphatic heterocycles. The normalized spacial score (nSPS) is 11.0. The van der Waals surface area contributed by atoms with Gasteiger partial charge in [0, 0.05) is 24.7 Å². The smallest absolute Gasteiger partial charge is 0.329 e. The Hall–Kier alpha value is -3.02. The summed E-state index contributed by atoms with van der Waals surface area (Å²) in [5, 5.41) is 6.48. The summed E-state index contributed by atoms with van der Waals surface area (Å²) < 4.78 is 0. The van der Waals surface area contributed by atoms with Gasteiger partial charge in [0.25, 0.3) is 0 Å². The van der Waals surface area contributed by atoms with Gasteiger partial charge >= 0.3 is 11.8 Å². The number of nitrogens with one attached hydrogen (secondary N) is 2. The van der Waals surface area contributed by atoms with Gasteiger partial charge in [-0.3, -0.25) is 14.6 Å². The molecule has 0 radical (unpaired) electrons. The average Bonchev–Trinajstić information content (AvgIpc) is 2.64. The summed E-state index contributed by atoms with van der Waals surface area (Å²) in [6, 6.07) is 13.6. The summed E-state index contributed by atoms with van der Waals surface area (Å²) in [6.45, 7) is 2.06. The monoisotopic (exact) mass is 324 g/mol. The first-order chi connectivity index (χ1) is 11.6. The van der Waals surface area contributed by atoms with Crippen molar-refractivity contribution in [3.8, 4) is 0 Å². The Labute approximate surface area is 141 Å². The van der Waals surface area contributed by atoms with E-state index in [0.717, 1.165) is 17.7 Å². The number of hydrogen-bond donors (Lipinski definition) is 2. The molecule has 2 amide bonds. The molecule has 124 valence electrons. The molecule has 0 saturated heterocycles. The number of hydrogen-bond acceptors (Lipinski definition) is 4. The van der Waals surface area contributed by atoms with Crippen molar-refractivity contribution in [1.29, 1.82) is 0 Å². The van der Waals surface area contributed by atoms with Gasteiger partial charge in [-0.05, 0) is 37.0 Å². The number of carbonyl (C=O) groups excluding carboxylic acids is 2. The minimum Gasteiger partial charge on any atom is -0.344 e. The van der Waals surface area contributed by atoms with E-state index in [-0.39, 0.29) is 6.54 Å². The number of rotatable bonds is 6. The van der Waals surface area contributed by atoms with Crippen LogP contribution >= 0.6 is 0 Å². The minimum absolute atomic E-state index is 0.247. The van der Waals surface area contributed by atoms with Crippen molar-refractivity contribution in [2.75, 3.05) is 0 Å². The quantitative estimate of drug-likeness (QED) is 0.483. The van der Waals surface area contributed by atoms with Crippen LogP contribution in [0, 0.1) is 0 Å². The molecule has 6 nitrogen and oxygen atoms in total. The Morgan fingerprint density at radius 1 is 1.04 bits per heavy atom. The molecule has 1 aromatic heterocycles. The number of benzene rings is 1. The summed E-state index contributed by atoms with van der Waals surface area (Å²) in [5.74, 6) is -1.50. The van der Waals surface area contributed by atoms with E-state index in [4.69, 9.17) is 0 Å². The molecule has 2 N–H and O–H groups in total. The third-order valence-corrected chi connectivity index (χ3v) is 3.35. The van der Waals surface area contributed by atoms with Crippen LogP contribution < -0.4 is 10.7 Å². The van der Waals surface area contributed by atoms with Gasteiger partial charge in [-0.15, -0.1) is 0 Å². The molecule has 0 aliphatic carbocycles. The highest BCUT2D eigenvalue weighted by atomic mass is 16.2. The molecule has 0 fully saturated rings. The van der Waals surface area contributed by atoms with Gasteiger partial charge in [-0.25, -0.2) is 5.43 Å². The highest BCUT2D eigenvalue weighted by molar-refractivity contribution is 6.35. The summed E-state index contributed by atoms with van der Waals surface area (Å²) in [4.78, 5) is 27.3. The maximum absolute atomic E-state index is 11.7. The van der Waals surface area contributed by atoms with E-state index in [9.17, 15) is 9.59 Å². The van der Waals surface area contributed by atoms with Crippen LogP contribution in [-0.4, -0.2) is 22.5 Å².